The van der Waals surface area contributed by atoms with E-state index in [-0.39, 0.29) is 5.82 Å². The lowest BCUT2D eigenvalue weighted by Gasteiger charge is -2.12. The summed E-state index contributed by atoms with van der Waals surface area (Å²) in [6, 6.07) is 5.38. The molecule has 0 atom stereocenters. The van der Waals surface area contributed by atoms with Crippen molar-refractivity contribution in [3.8, 4) is 11.1 Å². The number of hydrogen-bond acceptors (Lipinski definition) is 2. The van der Waals surface area contributed by atoms with Crippen molar-refractivity contribution in [2.75, 3.05) is 0 Å². The molecule has 0 amide bonds. The van der Waals surface area contributed by atoms with Crippen molar-refractivity contribution in [2.24, 2.45) is 0 Å². The van der Waals surface area contributed by atoms with Crippen LogP contribution >= 0.6 is 0 Å². The third-order valence-electron chi connectivity index (χ3n) is 3.46. The minimum absolute atomic E-state index is 0.207. The molecule has 0 fully saturated rings. The fourth-order valence-corrected chi connectivity index (χ4v) is 2.39. The molecule has 1 aromatic carbocycles. The van der Waals surface area contributed by atoms with E-state index in [1.165, 1.54) is 6.07 Å². The first kappa shape index (κ1) is 15.7. The zero-order valence-corrected chi connectivity index (χ0v) is 13.3. The van der Waals surface area contributed by atoms with Crippen molar-refractivity contribution < 1.29 is 4.39 Å². The third kappa shape index (κ3) is 3.91. The van der Waals surface area contributed by atoms with E-state index >= 15 is 0 Å². The van der Waals surface area contributed by atoms with E-state index in [1.54, 1.807) is 6.07 Å². The van der Waals surface area contributed by atoms with Crippen molar-refractivity contribution in [1.82, 2.24) is 15.1 Å². The molecule has 3 nitrogen and oxygen atoms in total. The first-order chi connectivity index (χ1) is 10.0. The fourth-order valence-electron chi connectivity index (χ4n) is 2.39. The molecule has 21 heavy (non-hydrogen) atoms. The Labute approximate surface area is 126 Å². The van der Waals surface area contributed by atoms with Crippen LogP contribution in [0.4, 0.5) is 4.39 Å². The Balaban J connectivity index is 2.39. The van der Waals surface area contributed by atoms with E-state index in [0.29, 0.717) is 6.04 Å². The van der Waals surface area contributed by atoms with Gasteiger partial charge in [-0.05, 0) is 36.6 Å². The van der Waals surface area contributed by atoms with Gasteiger partial charge in [0.1, 0.15) is 5.82 Å². The van der Waals surface area contributed by atoms with Crippen LogP contribution < -0.4 is 5.32 Å². The molecule has 0 aliphatic heterocycles. The second-order valence-corrected chi connectivity index (χ2v) is 5.73. The van der Waals surface area contributed by atoms with E-state index in [2.05, 4.69) is 31.2 Å². The lowest BCUT2D eigenvalue weighted by atomic mass is 10.00. The van der Waals surface area contributed by atoms with E-state index in [0.717, 1.165) is 41.9 Å². The minimum atomic E-state index is -0.207. The maximum absolute atomic E-state index is 13.7. The highest BCUT2D eigenvalue weighted by Gasteiger charge is 2.13. The normalized spacial score (nSPS) is 11.3. The van der Waals surface area contributed by atoms with Gasteiger partial charge in [0.25, 0.3) is 0 Å². The molecule has 2 aromatic rings. The molecule has 0 saturated carbocycles. The van der Waals surface area contributed by atoms with Crippen LogP contribution in [-0.2, 0) is 13.1 Å². The van der Waals surface area contributed by atoms with Gasteiger partial charge in [-0.3, -0.25) is 4.68 Å². The van der Waals surface area contributed by atoms with Crippen LogP contribution in [0, 0.1) is 12.7 Å². The Kier molecular flexibility index (Phi) is 5.12. The van der Waals surface area contributed by atoms with E-state index < -0.39 is 0 Å². The van der Waals surface area contributed by atoms with Crippen LogP contribution in [0.2, 0.25) is 0 Å². The van der Waals surface area contributed by atoms with Crippen LogP contribution in [0.1, 0.15) is 38.4 Å². The summed E-state index contributed by atoms with van der Waals surface area (Å²) in [5.41, 5.74) is 4.00. The Morgan fingerprint density at radius 3 is 2.71 bits per heavy atom. The number of rotatable bonds is 6. The van der Waals surface area contributed by atoms with Gasteiger partial charge in [0.05, 0.1) is 5.69 Å². The average molecular weight is 289 g/mol. The van der Waals surface area contributed by atoms with Gasteiger partial charge in [-0.15, -0.1) is 0 Å². The van der Waals surface area contributed by atoms with Gasteiger partial charge in [0.15, 0.2) is 0 Å². The zero-order chi connectivity index (χ0) is 15.4. The van der Waals surface area contributed by atoms with Gasteiger partial charge in [-0.2, -0.15) is 5.10 Å². The SMILES string of the molecule is CCCn1cc(-c2cc(F)ccc2CNC(C)C)c(C)n1. The molecule has 0 unspecified atom stereocenters. The average Bonchev–Trinajstić information content (AvgIpc) is 2.78. The second kappa shape index (κ2) is 6.85. The predicted molar refractivity (Wildman–Crippen MR) is 84.6 cm³/mol. The standard InChI is InChI=1S/C17H24FN3/c1-5-8-21-11-17(13(4)20-21)16-9-15(18)7-6-14(16)10-19-12(2)3/h6-7,9,11-12,19H,5,8,10H2,1-4H3. The molecule has 0 aliphatic rings. The predicted octanol–water partition coefficient (Wildman–Crippen LogP) is 3.91. The Hall–Kier alpha value is -1.68. The van der Waals surface area contributed by atoms with Gasteiger partial charge in [0, 0.05) is 30.9 Å². The molecule has 2 rings (SSSR count). The lowest BCUT2D eigenvalue weighted by Crippen LogP contribution is -2.22. The zero-order valence-electron chi connectivity index (χ0n) is 13.3. The van der Waals surface area contributed by atoms with Crippen LogP contribution in [0.5, 0.6) is 0 Å². The summed E-state index contributed by atoms with van der Waals surface area (Å²) in [6.07, 6.45) is 3.05. The minimum Gasteiger partial charge on any atom is -0.310 e. The smallest absolute Gasteiger partial charge is 0.123 e. The Morgan fingerprint density at radius 1 is 1.29 bits per heavy atom. The molecule has 1 N–H and O–H groups in total. The molecule has 0 bridgehead atoms. The van der Waals surface area contributed by atoms with E-state index in [1.807, 2.05) is 23.9 Å². The molecule has 0 spiro atoms. The van der Waals surface area contributed by atoms with Crippen molar-refractivity contribution in [2.45, 2.75) is 53.2 Å². The van der Waals surface area contributed by atoms with Gasteiger partial charge >= 0.3 is 0 Å². The lowest BCUT2D eigenvalue weighted by molar-refractivity contribution is 0.587. The van der Waals surface area contributed by atoms with Gasteiger partial charge in [-0.25, -0.2) is 4.39 Å². The third-order valence-corrected chi connectivity index (χ3v) is 3.46. The molecule has 0 aliphatic carbocycles. The Morgan fingerprint density at radius 2 is 2.05 bits per heavy atom. The number of aryl methyl sites for hydroxylation is 2. The summed E-state index contributed by atoms with van der Waals surface area (Å²) in [4.78, 5) is 0. The summed E-state index contributed by atoms with van der Waals surface area (Å²) < 4.78 is 15.6. The number of benzene rings is 1. The first-order valence-electron chi connectivity index (χ1n) is 7.57. The summed E-state index contributed by atoms with van der Waals surface area (Å²) in [5, 5.41) is 7.91. The molecule has 0 radical (unpaired) electrons. The summed E-state index contributed by atoms with van der Waals surface area (Å²) in [5.74, 6) is -0.207. The van der Waals surface area contributed by atoms with Crippen molar-refractivity contribution in [1.29, 1.82) is 0 Å². The highest BCUT2D eigenvalue weighted by Crippen LogP contribution is 2.27. The van der Waals surface area contributed by atoms with Crippen molar-refractivity contribution in [3.63, 3.8) is 0 Å². The van der Waals surface area contributed by atoms with Crippen LogP contribution in [-0.4, -0.2) is 15.8 Å². The highest BCUT2D eigenvalue weighted by molar-refractivity contribution is 5.69. The van der Waals surface area contributed by atoms with Gasteiger partial charge < -0.3 is 5.32 Å². The summed E-state index contributed by atoms with van der Waals surface area (Å²) in [6.45, 7) is 9.92. The highest BCUT2D eigenvalue weighted by atomic mass is 19.1. The number of aromatic nitrogens is 2. The molecule has 0 saturated heterocycles. The molecular formula is C17H24FN3. The largest absolute Gasteiger partial charge is 0.310 e. The van der Waals surface area contributed by atoms with E-state index in [9.17, 15) is 4.39 Å². The molecular weight excluding hydrogens is 265 g/mol. The maximum Gasteiger partial charge on any atom is 0.123 e. The fraction of sp³-hybridized carbons (Fsp3) is 0.471. The number of nitrogens with zero attached hydrogens (tertiary/aromatic N) is 2. The Bertz CT molecular complexity index is 602. The van der Waals surface area contributed by atoms with Crippen LogP contribution in [0.25, 0.3) is 11.1 Å². The van der Waals surface area contributed by atoms with Gasteiger partial charge in [0.2, 0.25) is 0 Å². The second-order valence-electron chi connectivity index (χ2n) is 5.73. The van der Waals surface area contributed by atoms with Crippen molar-refractivity contribution in [3.05, 3.63) is 41.5 Å². The monoisotopic (exact) mass is 289 g/mol. The maximum atomic E-state index is 13.7. The quantitative estimate of drug-likeness (QED) is 0.874. The number of nitrogens with one attached hydrogen (secondary N) is 1. The van der Waals surface area contributed by atoms with Crippen molar-refractivity contribution >= 4 is 0 Å². The van der Waals surface area contributed by atoms with Crippen LogP contribution in [0.15, 0.2) is 24.4 Å². The van der Waals surface area contributed by atoms with Gasteiger partial charge in [-0.1, -0.05) is 26.8 Å². The molecule has 114 valence electrons. The van der Waals surface area contributed by atoms with E-state index in [4.69, 9.17) is 0 Å². The first-order valence-corrected chi connectivity index (χ1v) is 7.57. The van der Waals surface area contributed by atoms with Crippen LogP contribution in [0.3, 0.4) is 0 Å². The number of hydrogen-bond donors (Lipinski definition) is 1. The molecule has 1 aromatic heterocycles. The topological polar surface area (TPSA) is 29.9 Å². The summed E-state index contributed by atoms with van der Waals surface area (Å²) in [7, 11) is 0. The number of halogens is 1. The molecule has 4 heteroatoms. The summed E-state index contributed by atoms with van der Waals surface area (Å²) >= 11 is 0. The molecule has 1 heterocycles.